The van der Waals surface area contributed by atoms with Crippen LogP contribution in [0.2, 0.25) is 0 Å². The van der Waals surface area contributed by atoms with Gasteiger partial charge in [-0.05, 0) is 18.8 Å². The number of hydrogen-bond acceptors (Lipinski definition) is 5. The molecule has 1 rings (SSSR count). The highest BCUT2D eigenvalue weighted by Crippen LogP contribution is 2.19. The van der Waals surface area contributed by atoms with Crippen molar-refractivity contribution < 1.29 is 13.2 Å². The fraction of sp³-hybridized carbons (Fsp3) is 0.571. The molecule has 0 aliphatic heterocycles. The van der Waals surface area contributed by atoms with Gasteiger partial charge in [0.25, 0.3) is 5.91 Å². The molecule has 1 aromatic rings. The van der Waals surface area contributed by atoms with Crippen LogP contribution in [0.15, 0.2) is 22.7 Å². The minimum atomic E-state index is -3.34. The molecule has 1 N–H and O–H groups in total. The lowest BCUT2D eigenvalue weighted by atomic mass is 10.1. The van der Waals surface area contributed by atoms with E-state index in [2.05, 4.69) is 30.2 Å². The largest absolute Gasteiger partial charge is 0.351 e. The standard InChI is InChI=1S/C14H22N2O3S2/c1-4-21(18,19)14-16-10-12(20-14)13(17)15-9-7-5-6-8-11(2)3/h5-6,10-11H,4,7-9H2,1-3H3,(H,15,17)/b6-5-. The average Bonchev–Trinajstić information content (AvgIpc) is 2.92. The van der Waals surface area contributed by atoms with Gasteiger partial charge in [-0.1, -0.05) is 44.3 Å². The van der Waals surface area contributed by atoms with Crippen molar-refractivity contribution in [3.05, 3.63) is 23.2 Å². The van der Waals surface area contributed by atoms with E-state index in [1.165, 1.54) is 6.20 Å². The minimum Gasteiger partial charge on any atom is -0.351 e. The van der Waals surface area contributed by atoms with Crippen molar-refractivity contribution in [3.8, 4) is 0 Å². The zero-order valence-electron chi connectivity index (χ0n) is 12.6. The molecule has 0 bridgehead atoms. The summed E-state index contributed by atoms with van der Waals surface area (Å²) < 4.78 is 23.3. The van der Waals surface area contributed by atoms with E-state index in [4.69, 9.17) is 0 Å². The van der Waals surface area contributed by atoms with Crippen LogP contribution >= 0.6 is 11.3 Å². The molecule has 1 amide bonds. The van der Waals surface area contributed by atoms with E-state index in [1.54, 1.807) is 6.92 Å². The molecule has 1 aromatic heterocycles. The van der Waals surface area contributed by atoms with Crippen molar-refractivity contribution in [3.63, 3.8) is 0 Å². The van der Waals surface area contributed by atoms with Gasteiger partial charge < -0.3 is 5.32 Å². The van der Waals surface area contributed by atoms with Crippen LogP contribution in [0, 0.1) is 5.92 Å². The third-order valence-corrected chi connectivity index (χ3v) is 5.93. The molecule has 118 valence electrons. The predicted octanol–water partition coefficient (Wildman–Crippen LogP) is 2.66. The van der Waals surface area contributed by atoms with Gasteiger partial charge in [-0.3, -0.25) is 4.79 Å². The van der Waals surface area contributed by atoms with Crippen molar-refractivity contribution in [2.75, 3.05) is 12.3 Å². The quantitative estimate of drug-likeness (QED) is 0.587. The van der Waals surface area contributed by atoms with Gasteiger partial charge in [0.15, 0.2) is 0 Å². The van der Waals surface area contributed by atoms with E-state index >= 15 is 0 Å². The maximum Gasteiger partial charge on any atom is 0.263 e. The first-order chi connectivity index (χ1) is 9.86. The molecule has 7 heteroatoms. The molecule has 0 aliphatic carbocycles. The van der Waals surface area contributed by atoms with Crippen molar-refractivity contribution >= 4 is 27.1 Å². The summed E-state index contributed by atoms with van der Waals surface area (Å²) in [5, 5.41) is 2.76. The predicted molar refractivity (Wildman–Crippen MR) is 85.4 cm³/mol. The molecule has 0 aromatic carbocycles. The molecule has 21 heavy (non-hydrogen) atoms. The maximum atomic E-state index is 11.9. The summed E-state index contributed by atoms with van der Waals surface area (Å²) in [4.78, 5) is 16.0. The third kappa shape index (κ3) is 5.97. The normalized spacial score (nSPS) is 12.2. The van der Waals surface area contributed by atoms with Crippen LogP contribution in [-0.2, 0) is 9.84 Å². The number of rotatable bonds is 8. The Morgan fingerprint density at radius 3 is 2.76 bits per heavy atom. The van der Waals surface area contributed by atoms with Crippen LogP contribution in [0.5, 0.6) is 0 Å². The molecule has 0 saturated carbocycles. The monoisotopic (exact) mass is 330 g/mol. The van der Waals surface area contributed by atoms with Crippen molar-refractivity contribution in [1.82, 2.24) is 10.3 Å². The fourth-order valence-corrected chi connectivity index (χ4v) is 3.63. The van der Waals surface area contributed by atoms with Gasteiger partial charge >= 0.3 is 0 Å². The zero-order valence-corrected chi connectivity index (χ0v) is 14.3. The zero-order chi connectivity index (χ0) is 15.9. The SMILES string of the molecule is CCS(=O)(=O)c1ncc(C(=O)NCC/C=C\CC(C)C)s1. The molecular formula is C14H22N2O3S2. The molecule has 5 nitrogen and oxygen atoms in total. The van der Waals surface area contributed by atoms with Gasteiger partial charge in [0.05, 0.1) is 11.9 Å². The Hall–Kier alpha value is -1.21. The van der Waals surface area contributed by atoms with Gasteiger partial charge in [0.2, 0.25) is 14.2 Å². The van der Waals surface area contributed by atoms with Gasteiger partial charge in [-0.2, -0.15) is 0 Å². The molecular weight excluding hydrogens is 308 g/mol. The summed E-state index contributed by atoms with van der Waals surface area (Å²) >= 11 is 0.916. The summed E-state index contributed by atoms with van der Waals surface area (Å²) in [6.07, 6.45) is 7.25. The number of aromatic nitrogens is 1. The van der Waals surface area contributed by atoms with Crippen LogP contribution in [0.3, 0.4) is 0 Å². The lowest BCUT2D eigenvalue weighted by Gasteiger charge is -2.00. The Morgan fingerprint density at radius 2 is 2.14 bits per heavy atom. The maximum absolute atomic E-state index is 11.9. The Balaban J connectivity index is 2.45. The van der Waals surface area contributed by atoms with Crippen LogP contribution < -0.4 is 5.32 Å². The molecule has 1 heterocycles. The van der Waals surface area contributed by atoms with Crippen molar-refractivity contribution in [2.45, 2.75) is 38.0 Å². The van der Waals surface area contributed by atoms with Gasteiger partial charge in [0, 0.05) is 6.54 Å². The van der Waals surface area contributed by atoms with Crippen molar-refractivity contribution in [2.24, 2.45) is 5.92 Å². The number of sulfone groups is 1. The molecule has 0 fully saturated rings. The second kappa shape index (κ2) is 8.29. The number of amides is 1. The highest BCUT2D eigenvalue weighted by molar-refractivity contribution is 7.93. The van der Waals surface area contributed by atoms with Crippen molar-refractivity contribution in [1.29, 1.82) is 0 Å². The number of hydrogen-bond donors (Lipinski definition) is 1. The number of carbonyl (C=O) groups is 1. The van der Waals surface area contributed by atoms with E-state index in [0.29, 0.717) is 17.3 Å². The van der Waals surface area contributed by atoms with Crippen LogP contribution in [0.25, 0.3) is 0 Å². The fourth-order valence-electron chi connectivity index (χ4n) is 1.47. The molecule has 0 radical (unpaired) electrons. The number of allylic oxidation sites excluding steroid dienone is 1. The first-order valence-electron chi connectivity index (χ1n) is 6.98. The second-order valence-electron chi connectivity index (χ2n) is 5.04. The van der Waals surface area contributed by atoms with E-state index < -0.39 is 9.84 Å². The minimum absolute atomic E-state index is 0.00646. The Morgan fingerprint density at radius 1 is 1.43 bits per heavy atom. The molecule has 0 saturated heterocycles. The average molecular weight is 330 g/mol. The number of nitrogens with zero attached hydrogens (tertiary/aromatic N) is 1. The van der Waals surface area contributed by atoms with Crippen LogP contribution in [0.4, 0.5) is 0 Å². The molecule has 0 unspecified atom stereocenters. The lowest BCUT2D eigenvalue weighted by molar-refractivity contribution is 0.0958. The third-order valence-electron chi connectivity index (χ3n) is 2.73. The van der Waals surface area contributed by atoms with E-state index in [9.17, 15) is 13.2 Å². The summed E-state index contributed by atoms with van der Waals surface area (Å²) in [6, 6.07) is 0. The second-order valence-corrected chi connectivity index (χ2v) is 8.52. The smallest absolute Gasteiger partial charge is 0.263 e. The number of nitrogens with one attached hydrogen (secondary N) is 1. The summed E-state index contributed by atoms with van der Waals surface area (Å²) in [6.45, 7) is 6.39. The van der Waals surface area contributed by atoms with E-state index in [1.807, 2.05) is 6.08 Å². The molecule has 0 atom stereocenters. The lowest BCUT2D eigenvalue weighted by Crippen LogP contribution is -2.23. The number of thiazole rings is 1. The summed E-state index contributed by atoms with van der Waals surface area (Å²) in [7, 11) is -3.34. The Kier molecular flexibility index (Phi) is 7.04. The summed E-state index contributed by atoms with van der Waals surface area (Å²) in [5.41, 5.74) is 0. The Bertz CT molecular complexity index is 589. The highest BCUT2D eigenvalue weighted by Gasteiger charge is 2.18. The summed E-state index contributed by atoms with van der Waals surface area (Å²) in [5.74, 6) is 0.344. The molecule has 0 aliphatic rings. The van der Waals surface area contributed by atoms with E-state index in [-0.39, 0.29) is 16.0 Å². The topological polar surface area (TPSA) is 76.1 Å². The van der Waals surface area contributed by atoms with Gasteiger partial charge in [-0.15, -0.1) is 0 Å². The number of carbonyl (C=O) groups excluding carboxylic acids is 1. The van der Waals surface area contributed by atoms with Gasteiger partial charge in [-0.25, -0.2) is 13.4 Å². The van der Waals surface area contributed by atoms with Crippen LogP contribution in [0.1, 0.15) is 43.3 Å². The van der Waals surface area contributed by atoms with Gasteiger partial charge in [0.1, 0.15) is 4.88 Å². The Labute approximate surface area is 130 Å². The highest BCUT2D eigenvalue weighted by atomic mass is 32.2. The molecule has 0 spiro atoms. The van der Waals surface area contributed by atoms with E-state index in [0.717, 1.165) is 24.2 Å². The first-order valence-corrected chi connectivity index (χ1v) is 9.45. The van der Waals surface area contributed by atoms with Crippen LogP contribution in [-0.4, -0.2) is 31.6 Å². The first kappa shape index (κ1) is 17.8.